The van der Waals surface area contributed by atoms with Crippen molar-refractivity contribution in [3.05, 3.63) is 0 Å². The highest BCUT2D eigenvalue weighted by Gasteiger charge is 2.15. The first-order valence-corrected chi connectivity index (χ1v) is 6.92. The number of hydrogen-bond donors (Lipinski definition) is 1. The highest BCUT2D eigenvalue weighted by atomic mass is 16.2. The molecule has 0 aliphatic carbocycles. The molecule has 100 valence electrons. The van der Waals surface area contributed by atoms with Crippen LogP contribution in [0.3, 0.4) is 0 Å². The predicted molar refractivity (Wildman–Crippen MR) is 71.1 cm³/mol. The lowest BCUT2D eigenvalue weighted by atomic mass is 10.3. The lowest BCUT2D eigenvalue weighted by Gasteiger charge is -2.21. The Hall–Kier alpha value is -0.610. The lowest BCUT2D eigenvalue weighted by molar-refractivity contribution is -0.128. The van der Waals surface area contributed by atoms with E-state index < -0.39 is 0 Å². The number of rotatable bonds is 6. The van der Waals surface area contributed by atoms with Gasteiger partial charge in [0.25, 0.3) is 0 Å². The quantitative estimate of drug-likeness (QED) is 0.703. The minimum absolute atomic E-state index is 0.219. The average molecular weight is 241 g/mol. The Morgan fingerprint density at radius 1 is 1.18 bits per heavy atom. The average Bonchev–Trinajstić information content (AvgIpc) is 2.54. The molecule has 1 heterocycles. The van der Waals surface area contributed by atoms with E-state index in [0.717, 1.165) is 52.2 Å². The van der Waals surface area contributed by atoms with Crippen LogP contribution in [0.15, 0.2) is 0 Å². The van der Waals surface area contributed by atoms with Crippen LogP contribution >= 0.6 is 0 Å². The van der Waals surface area contributed by atoms with Gasteiger partial charge >= 0.3 is 0 Å². The molecule has 1 N–H and O–H groups in total. The van der Waals surface area contributed by atoms with Crippen LogP contribution in [0.4, 0.5) is 0 Å². The topological polar surface area (TPSA) is 35.6 Å². The van der Waals surface area contributed by atoms with Gasteiger partial charge in [-0.2, -0.15) is 0 Å². The molecule has 0 aromatic rings. The Morgan fingerprint density at radius 2 is 2.00 bits per heavy atom. The monoisotopic (exact) mass is 241 g/mol. The van der Waals surface area contributed by atoms with Gasteiger partial charge in [0.2, 0.25) is 5.91 Å². The van der Waals surface area contributed by atoms with Crippen molar-refractivity contribution in [2.45, 2.75) is 33.1 Å². The molecular formula is C13H27N3O. The van der Waals surface area contributed by atoms with E-state index in [4.69, 9.17) is 0 Å². The van der Waals surface area contributed by atoms with Gasteiger partial charge in [0.05, 0.1) is 0 Å². The predicted octanol–water partition coefficient (Wildman–Crippen LogP) is 0.930. The molecule has 0 spiro atoms. The molecule has 4 heteroatoms. The molecule has 1 saturated heterocycles. The van der Waals surface area contributed by atoms with E-state index in [9.17, 15) is 4.79 Å². The third-order valence-corrected chi connectivity index (χ3v) is 3.29. The molecule has 1 fully saturated rings. The van der Waals surface area contributed by atoms with Crippen molar-refractivity contribution in [3.8, 4) is 0 Å². The molecule has 0 saturated carbocycles. The molecule has 0 radical (unpaired) electrons. The zero-order chi connectivity index (χ0) is 12.5. The van der Waals surface area contributed by atoms with Crippen molar-refractivity contribution >= 4 is 5.91 Å². The van der Waals surface area contributed by atoms with E-state index in [1.807, 2.05) is 4.90 Å². The first-order valence-electron chi connectivity index (χ1n) is 6.92. The van der Waals surface area contributed by atoms with E-state index in [2.05, 4.69) is 17.1 Å². The fourth-order valence-corrected chi connectivity index (χ4v) is 2.24. The second-order valence-electron chi connectivity index (χ2n) is 4.80. The molecular weight excluding hydrogens is 214 g/mol. The van der Waals surface area contributed by atoms with Crippen LogP contribution in [-0.4, -0.2) is 61.5 Å². The molecule has 0 aromatic heterocycles. The molecule has 0 aromatic carbocycles. The maximum Gasteiger partial charge on any atom is 0.219 e. The van der Waals surface area contributed by atoms with Gasteiger partial charge in [-0.15, -0.1) is 0 Å². The number of hydrogen-bond acceptors (Lipinski definition) is 3. The van der Waals surface area contributed by atoms with E-state index in [1.165, 1.54) is 12.8 Å². The second-order valence-corrected chi connectivity index (χ2v) is 4.80. The summed E-state index contributed by atoms with van der Waals surface area (Å²) in [6.45, 7) is 11.3. The molecule has 1 aliphatic rings. The van der Waals surface area contributed by atoms with Crippen molar-refractivity contribution in [2.24, 2.45) is 0 Å². The lowest BCUT2D eigenvalue weighted by Crippen LogP contribution is -2.34. The molecule has 1 amide bonds. The summed E-state index contributed by atoms with van der Waals surface area (Å²) in [6, 6.07) is 0. The van der Waals surface area contributed by atoms with Gasteiger partial charge in [-0.05, 0) is 45.4 Å². The van der Waals surface area contributed by atoms with Crippen LogP contribution in [0.5, 0.6) is 0 Å². The SMILES string of the molecule is CCCNCCCN1CCCN(C(C)=O)CC1. The van der Waals surface area contributed by atoms with Crippen molar-refractivity contribution < 1.29 is 4.79 Å². The van der Waals surface area contributed by atoms with Gasteiger partial charge in [0.1, 0.15) is 0 Å². The summed E-state index contributed by atoms with van der Waals surface area (Å²) in [5.74, 6) is 0.219. The Morgan fingerprint density at radius 3 is 2.71 bits per heavy atom. The summed E-state index contributed by atoms with van der Waals surface area (Å²) < 4.78 is 0. The van der Waals surface area contributed by atoms with Crippen molar-refractivity contribution in [2.75, 3.05) is 45.8 Å². The molecule has 1 aliphatic heterocycles. The zero-order valence-electron chi connectivity index (χ0n) is 11.4. The molecule has 0 bridgehead atoms. The Balaban J connectivity index is 2.11. The molecule has 0 atom stereocenters. The first-order chi connectivity index (χ1) is 8.24. The maximum atomic E-state index is 11.3. The third-order valence-electron chi connectivity index (χ3n) is 3.29. The van der Waals surface area contributed by atoms with Gasteiger partial charge in [0.15, 0.2) is 0 Å². The first kappa shape index (κ1) is 14.5. The van der Waals surface area contributed by atoms with Crippen molar-refractivity contribution in [1.29, 1.82) is 0 Å². The van der Waals surface area contributed by atoms with Gasteiger partial charge < -0.3 is 15.1 Å². The summed E-state index contributed by atoms with van der Waals surface area (Å²) in [4.78, 5) is 15.7. The fourth-order valence-electron chi connectivity index (χ4n) is 2.24. The molecule has 4 nitrogen and oxygen atoms in total. The summed E-state index contributed by atoms with van der Waals surface area (Å²) in [6.07, 6.45) is 3.53. The van der Waals surface area contributed by atoms with Crippen LogP contribution in [0, 0.1) is 0 Å². The standard InChI is InChI=1S/C13H27N3O/c1-3-6-14-7-4-8-15-9-5-10-16(12-11-15)13(2)17/h14H,3-12H2,1-2H3. The van der Waals surface area contributed by atoms with Crippen molar-refractivity contribution in [1.82, 2.24) is 15.1 Å². The van der Waals surface area contributed by atoms with E-state index in [1.54, 1.807) is 6.92 Å². The maximum absolute atomic E-state index is 11.3. The molecule has 0 unspecified atom stereocenters. The van der Waals surface area contributed by atoms with Crippen LogP contribution < -0.4 is 5.32 Å². The van der Waals surface area contributed by atoms with E-state index in [0.29, 0.717) is 0 Å². The number of nitrogens with one attached hydrogen (secondary N) is 1. The summed E-state index contributed by atoms with van der Waals surface area (Å²) in [5, 5.41) is 3.43. The number of carbonyl (C=O) groups is 1. The van der Waals surface area contributed by atoms with Crippen LogP contribution in [0.1, 0.15) is 33.1 Å². The van der Waals surface area contributed by atoms with Gasteiger partial charge in [-0.25, -0.2) is 0 Å². The smallest absolute Gasteiger partial charge is 0.219 e. The molecule has 17 heavy (non-hydrogen) atoms. The highest BCUT2D eigenvalue weighted by molar-refractivity contribution is 5.73. The third kappa shape index (κ3) is 6.03. The van der Waals surface area contributed by atoms with Gasteiger partial charge in [-0.1, -0.05) is 6.92 Å². The fraction of sp³-hybridized carbons (Fsp3) is 0.923. The minimum atomic E-state index is 0.219. The number of amides is 1. The summed E-state index contributed by atoms with van der Waals surface area (Å²) in [7, 11) is 0. The Bertz CT molecular complexity index is 221. The largest absolute Gasteiger partial charge is 0.342 e. The number of nitrogens with zero attached hydrogens (tertiary/aromatic N) is 2. The summed E-state index contributed by atoms with van der Waals surface area (Å²) >= 11 is 0. The van der Waals surface area contributed by atoms with Gasteiger partial charge in [-0.3, -0.25) is 4.79 Å². The normalized spacial score (nSPS) is 18.1. The van der Waals surface area contributed by atoms with E-state index in [-0.39, 0.29) is 5.91 Å². The van der Waals surface area contributed by atoms with Crippen LogP contribution in [0.25, 0.3) is 0 Å². The highest BCUT2D eigenvalue weighted by Crippen LogP contribution is 2.03. The summed E-state index contributed by atoms with van der Waals surface area (Å²) in [5.41, 5.74) is 0. The van der Waals surface area contributed by atoms with Crippen LogP contribution in [0.2, 0.25) is 0 Å². The zero-order valence-corrected chi connectivity index (χ0v) is 11.4. The van der Waals surface area contributed by atoms with E-state index >= 15 is 0 Å². The molecule has 1 rings (SSSR count). The van der Waals surface area contributed by atoms with Gasteiger partial charge in [0, 0.05) is 26.6 Å². The Labute approximate surface area is 105 Å². The minimum Gasteiger partial charge on any atom is -0.342 e. The second kappa shape index (κ2) is 8.48. The number of carbonyl (C=O) groups excluding carboxylic acids is 1. The Kier molecular flexibility index (Phi) is 7.21. The van der Waals surface area contributed by atoms with Crippen LogP contribution in [-0.2, 0) is 4.79 Å². The van der Waals surface area contributed by atoms with Crippen molar-refractivity contribution in [3.63, 3.8) is 0 Å².